The highest BCUT2D eigenvalue weighted by Gasteiger charge is 2.18. The molecule has 5 aromatic heterocycles. The van der Waals surface area contributed by atoms with E-state index in [1.807, 2.05) is 31.2 Å². The van der Waals surface area contributed by atoms with E-state index in [1.54, 1.807) is 31.0 Å². The van der Waals surface area contributed by atoms with Crippen LogP contribution in [0.5, 0.6) is 0 Å². The van der Waals surface area contributed by atoms with Crippen molar-refractivity contribution >= 4 is 33.5 Å². The van der Waals surface area contributed by atoms with Gasteiger partial charge in [-0.3, -0.25) is 19.9 Å². The number of anilines is 1. The number of piperidine rings is 1. The first-order valence-corrected chi connectivity index (χ1v) is 14.0. The fourth-order valence-electron chi connectivity index (χ4n) is 5.79. The van der Waals surface area contributed by atoms with Crippen molar-refractivity contribution in [2.45, 2.75) is 26.2 Å². The van der Waals surface area contributed by atoms with Crippen molar-refractivity contribution in [1.29, 1.82) is 0 Å². The second-order valence-corrected chi connectivity index (χ2v) is 10.9. The number of fused-ring (bicyclic) bond motifs is 2. The molecule has 1 aliphatic rings. The van der Waals surface area contributed by atoms with Crippen molar-refractivity contribution in [2.75, 3.05) is 18.4 Å². The third kappa shape index (κ3) is 5.12. The van der Waals surface area contributed by atoms with Gasteiger partial charge in [0.2, 0.25) is 5.91 Å². The number of aromatic amines is 2. The molecule has 0 saturated carbocycles. The van der Waals surface area contributed by atoms with Gasteiger partial charge in [-0.2, -0.15) is 5.10 Å². The highest BCUT2D eigenvalue weighted by Crippen LogP contribution is 2.35. The lowest BCUT2D eigenvalue weighted by Gasteiger charge is -2.21. The highest BCUT2D eigenvalue weighted by molar-refractivity contribution is 6.00. The number of amides is 1. The summed E-state index contributed by atoms with van der Waals surface area (Å²) in [4.78, 5) is 29.5. The summed E-state index contributed by atoms with van der Waals surface area (Å²) in [5.74, 6) is 0.130. The van der Waals surface area contributed by atoms with Crippen molar-refractivity contribution in [1.82, 2.24) is 35.5 Å². The number of carbonyl (C=O) groups is 1. The summed E-state index contributed by atoms with van der Waals surface area (Å²) in [5, 5.41) is 15.7. The molecule has 7 rings (SSSR count). The van der Waals surface area contributed by atoms with E-state index in [4.69, 9.17) is 0 Å². The second-order valence-electron chi connectivity index (χ2n) is 10.9. The van der Waals surface area contributed by atoms with Crippen molar-refractivity contribution in [3.63, 3.8) is 0 Å². The van der Waals surface area contributed by atoms with Gasteiger partial charge >= 0.3 is 0 Å². The Morgan fingerprint density at radius 3 is 2.62 bits per heavy atom. The van der Waals surface area contributed by atoms with Crippen molar-refractivity contribution in [3.8, 4) is 33.6 Å². The number of nitrogens with one attached hydrogen (secondary N) is 4. The zero-order valence-electron chi connectivity index (χ0n) is 23.0. The van der Waals surface area contributed by atoms with E-state index in [2.05, 4.69) is 40.8 Å². The monoisotopic (exact) mass is 560 g/mol. The molecule has 0 atom stereocenters. The summed E-state index contributed by atoms with van der Waals surface area (Å²) in [6.45, 7) is 3.80. The quantitative estimate of drug-likeness (QED) is 0.198. The van der Waals surface area contributed by atoms with E-state index in [1.165, 1.54) is 12.1 Å². The van der Waals surface area contributed by atoms with Crippen LogP contribution in [0.4, 0.5) is 10.1 Å². The van der Waals surface area contributed by atoms with E-state index in [9.17, 15) is 9.18 Å². The minimum Gasteiger partial charge on any atom is -0.352 e. The lowest BCUT2D eigenvalue weighted by atomic mass is 9.94. The molecule has 1 aromatic carbocycles. The molecule has 10 heteroatoms. The lowest BCUT2D eigenvalue weighted by molar-refractivity contribution is -0.117. The Labute approximate surface area is 241 Å². The summed E-state index contributed by atoms with van der Waals surface area (Å²) in [6, 6.07) is 10.9. The standard InChI is InChI=1S/C32H29FN8O/c1-18-6-20(9-23(33)7-18)27-16-36-17-29-25(27)12-28(39-29)31-26-11-22(14-37-32(26)41-40-31)21-10-24(15-35-13-21)38-30(42)8-19-2-4-34-5-3-19/h6-7,9-17,19,34,39H,2-5,8H2,1H3,(H,38,42)(H,37,40,41). The Kier molecular flexibility index (Phi) is 6.67. The maximum Gasteiger partial charge on any atom is 0.224 e. The molecule has 0 spiro atoms. The van der Waals surface area contributed by atoms with E-state index in [0.717, 1.165) is 75.7 Å². The molecule has 1 aliphatic heterocycles. The topological polar surface area (TPSA) is 124 Å². The average molecular weight is 561 g/mol. The first-order chi connectivity index (χ1) is 20.5. The minimum absolute atomic E-state index is 0.00706. The number of H-pyrrole nitrogens is 2. The van der Waals surface area contributed by atoms with Crippen LogP contribution in [0.25, 0.3) is 55.6 Å². The van der Waals surface area contributed by atoms with Gasteiger partial charge in [0.25, 0.3) is 0 Å². The molecule has 9 nitrogen and oxygen atoms in total. The van der Waals surface area contributed by atoms with Crippen LogP contribution in [0, 0.1) is 18.7 Å². The Morgan fingerprint density at radius 1 is 0.929 bits per heavy atom. The van der Waals surface area contributed by atoms with Crippen LogP contribution in [0.15, 0.2) is 67.4 Å². The first kappa shape index (κ1) is 26.0. The molecule has 0 bridgehead atoms. The number of hydrogen-bond donors (Lipinski definition) is 4. The van der Waals surface area contributed by atoms with Gasteiger partial charge in [-0.05, 0) is 80.2 Å². The van der Waals surface area contributed by atoms with Crippen LogP contribution < -0.4 is 10.6 Å². The smallest absolute Gasteiger partial charge is 0.224 e. The number of nitrogens with zero attached hydrogens (tertiary/aromatic N) is 4. The number of carbonyl (C=O) groups excluding carboxylic acids is 1. The molecular weight excluding hydrogens is 531 g/mol. The van der Waals surface area contributed by atoms with E-state index >= 15 is 0 Å². The SMILES string of the molecule is Cc1cc(F)cc(-c2cncc3[nH]c(-c4n[nH]c5ncc(-c6cncc(NC(=O)CC7CCNCC7)c6)cc45)cc23)c1. The predicted octanol–water partition coefficient (Wildman–Crippen LogP) is 6.01. The zero-order valence-corrected chi connectivity index (χ0v) is 23.0. The Hall–Kier alpha value is -4.96. The minimum atomic E-state index is -0.283. The summed E-state index contributed by atoms with van der Waals surface area (Å²) in [7, 11) is 0. The maximum atomic E-state index is 14.2. The van der Waals surface area contributed by atoms with E-state index in [-0.39, 0.29) is 11.7 Å². The second kappa shape index (κ2) is 10.8. The lowest BCUT2D eigenvalue weighted by Crippen LogP contribution is -2.30. The van der Waals surface area contributed by atoms with Crippen LogP contribution in [-0.2, 0) is 4.79 Å². The Bertz CT molecular complexity index is 1920. The summed E-state index contributed by atoms with van der Waals surface area (Å²) >= 11 is 0. The van der Waals surface area contributed by atoms with Gasteiger partial charge in [0.05, 0.1) is 29.3 Å². The third-order valence-corrected chi connectivity index (χ3v) is 7.86. The first-order valence-electron chi connectivity index (χ1n) is 14.0. The molecule has 6 aromatic rings. The number of aryl methyl sites for hydroxylation is 1. The molecule has 1 amide bonds. The average Bonchev–Trinajstić information content (AvgIpc) is 3.61. The third-order valence-electron chi connectivity index (χ3n) is 7.86. The van der Waals surface area contributed by atoms with E-state index in [0.29, 0.717) is 29.4 Å². The molecule has 42 heavy (non-hydrogen) atoms. The molecule has 1 saturated heterocycles. The molecule has 6 heterocycles. The van der Waals surface area contributed by atoms with Crippen molar-refractivity contribution < 1.29 is 9.18 Å². The molecule has 1 fully saturated rings. The number of aromatic nitrogens is 6. The van der Waals surface area contributed by atoms with Crippen LogP contribution in [0.2, 0.25) is 0 Å². The maximum absolute atomic E-state index is 14.2. The summed E-state index contributed by atoms with van der Waals surface area (Å²) < 4.78 is 14.2. The van der Waals surface area contributed by atoms with Crippen molar-refractivity contribution in [3.05, 3.63) is 78.8 Å². The molecular formula is C32H29FN8O. The van der Waals surface area contributed by atoms with Gasteiger partial charge in [0.1, 0.15) is 11.5 Å². The van der Waals surface area contributed by atoms with E-state index < -0.39 is 0 Å². The normalized spacial score (nSPS) is 14.0. The number of benzene rings is 1. The Balaban J connectivity index is 1.20. The summed E-state index contributed by atoms with van der Waals surface area (Å²) in [6.07, 6.45) is 11.2. The largest absolute Gasteiger partial charge is 0.352 e. The molecule has 0 radical (unpaired) electrons. The van der Waals surface area contributed by atoms with Crippen LogP contribution >= 0.6 is 0 Å². The number of rotatable bonds is 6. The zero-order chi connectivity index (χ0) is 28.6. The van der Waals surface area contributed by atoms with Crippen LogP contribution in [-0.4, -0.2) is 49.1 Å². The van der Waals surface area contributed by atoms with Gasteiger partial charge in [-0.15, -0.1) is 0 Å². The summed E-state index contributed by atoms with van der Waals surface area (Å²) in [5.41, 5.74) is 7.74. The van der Waals surface area contributed by atoms with Crippen LogP contribution in [0.1, 0.15) is 24.8 Å². The molecule has 0 aliphatic carbocycles. The van der Waals surface area contributed by atoms with Gasteiger partial charge in [0, 0.05) is 52.5 Å². The molecule has 4 N–H and O–H groups in total. The number of hydrogen-bond acceptors (Lipinski definition) is 6. The van der Waals surface area contributed by atoms with Crippen molar-refractivity contribution in [2.24, 2.45) is 5.92 Å². The number of pyridine rings is 3. The molecule has 0 unspecified atom stereocenters. The fourth-order valence-corrected chi connectivity index (χ4v) is 5.79. The molecule has 210 valence electrons. The van der Waals surface area contributed by atoms with Gasteiger partial charge in [-0.1, -0.05) is 6.07 Å². The van der Waals surface area contributed by atoms with Crippen LogP contribution in [0.3, 0.4) is 0 Å². The van der Waals surface area contributed by atoms with Gasteiger partial charge in [0.15, 0.2) is 5.65 Å². The number of halogens is 1. The van der Waals surface area contributed by atoms with Gasteiger partial charge in [-0.25, -0.2) is 9.37 Å². The Morgan fingerprint density at radius 2 is 1.76 bits per heavy atom. The van der Waals surface area contributed by atoms with Gasteiger partial charge < -0.3 is 15.6 Å². The highest BCUT2D eigenvalue weighted by atomic mass is 19.1. The fraction of sp³-hybridized carbons (Fsp3) is 0.219. The predicted molar refractivity (Wildman–Crippen MR) is 161 cm³/mol.